The summed E-state index contributed by atoms with van der Waals surface area (Å²) in [6.45, 7) is 5.00. The van der Waals surface area contributed by atoms with Crippen LogP contribution in [-0.2, 0) is 9.53 Å². The predicted molar refractivity (Wildman–Crippen MR) is 104 cm³/mol. The van der Waals surface area contributed by atoms with Gasteiger partial charge >= 0.3 is 6.09 Å². The molecule has 0 aliphatic rings. The SMILES string of the molecule is CC(C)(C)OC(=O)NCC(=O)N(c1ccccc1)c1ccc(Cl)cc1N. The summed E-state index contributed by atoms with van der Waals surface area (Å²) in [5, 5.41) is 2.94. The fourth-order valence-electron chi connectivity index (χ4n) is 2.26. The first-order valence-corrected chi connectivity index (χ1v) is 8.45. The van der Waals surface area contributed by atoms with Crippen molar-refractivity contribution < 1.29 is 14.3 Å². The highest BCUT2D eigenvalue weighted by molar-refractivity contribution is 6.31. The zero-order valence-electron chi connectivity index (χ0n) is 15.0. The Morgan fingerprint density at radius 3 is 2.38 bits per heavy atom. The number of ether oxygens (including phenoxy) is 1. The van der Waals surface area contributed by atoms with Crippen molar-refractivity contribution in [1.29, 1.82) is 0 Å². The van der Waals surface area contributed by atoms with Gasteiger partial charge in [0.1, 0.15) is 12.1 Å². The second kappa shape index (κ2) is 8.10. The number of nitrogens with zero attached hydrogens (tertiary/aromatic N) is 1. The molecule has 7 heteroatoms. The number of benzene rings is 2. The molecular weight excluding hydrogens is 354 g/mol. The van der Waals surface area contributed by atoms with Gasteiger partial charge in [-0.1, -0.05) is 29.8 Å². The summed E-state index contributed by atoms with van der Waals surface area (Å²) in [6, 6.07) is 13.9. The standard InChI is InChI=1S/C19H22ClN3O3/c1-19(2,3)26-18(25)22-12-17(24)23(14-7-5-4-6-8-14)16-10-9-13(20)11-15(16)21/h4-11H,12,21H2,1-3H3,(H,22,25). The number of hydrogen-bond acceptors (Lipinski definition) is 4. The van der Waals surface area contributed by atoms with E-state index >= 15 is 0 Å². The summed E-state index contributed by atoms with van der Waals surface area (Å²) in [7, 11) is 0. The highest BCUT2D eigenvalue weighted by Gasteiger charge is 2.22. The molecule has 0 spiro atoms. The van der Waals surface area contributed by atoms with Crippen molar-refractivity contribution in [2.75, 3.05) is 17.2 Å². The number of halogens is 1. The molecule has 3 N–H and O–H groups in total. The monoisotopic (exact) mass is 375 g/mol. The van der Waals surface area contributed by atoms with E-state index in [4.69, 9.17) is 22.1 Å². The lowest BCUT2D eigenvalue weighted by Gasteiger charge is -2.25. The van der Waals surface area contributed by atoms with Gasteiger partial charge in [0, 0.05) is 10.7 Å². The van der Waals surface area contributed by atoms with Crippen LogP contribution in [0.25, 0.3) is 0 Å². The third kappa shape index (κ3) is 5.39. The average molecular weight is 376 g/mol. The second-order valence-electron chi connectivity index (χ2n) is 6.62. The molecule has 0 unspecified atom stereocenters. The Morgan fingerprint density at radius 1 is 1.15 bits per heavy atom. The van der Waals surface area contributed by atoms with E-state index in [1.165, 1.54) is 4.90 Å². The molecule has 0 atom stereocenters. The van der Waals surface area contributed by atoms with Crippen molar-refractivity contribution in [3.8, 4) is 0 Å². The first-order chi connectivity index (χ1) is 12.2. The molecule has 0 aliphatic carbocycles. The predicted octanol–water partition coefficient (Wildman–Crippen LogP) is 4.11. The first-order valence-electron chi connectivity index (χ1n) is 8.07. The number of para-hydroxylation sites is 1. The molecule has 0 fully saturated rings. The van der Waals surface area contributed by atoms with E-state index in [0.717, 1.165) is 0 Å². The number of hydrogen-bond donors (Lipinski definition) is 2. The minimum Gasteiger partial charge on any atom is -0.444 e. The summed E-state index contributed by atoms with van der Waals surface area (Å²) >= 11 is 5.95. The van der Waals surface area contributed by atoms with Crippen LogP contribution in [0.4, 0.5) is 21.9 Å². The Balaban J connectivity index is 2.24. The van der Waals surface area contributed by atoms with E-state index in [0.29, 0.717) is 22.1 Å². The zero-order chi connectivity index (χ0) is 19.3. The van der Waals surface area contributed by atoms with Crippen molar-refractivity contribution in [2.24, 2.45) is 0 Å². The Morgan fingerprint density at radius 2 is 1.81 bits per heavy atom. The quantitative estimate of drug-likeness (QED) is 0.787. The summed E-state index contributed by atoms with van der Waals surface area (Å²) in [5.41, 5.74) is 6.86. The number of nitrogens with one attached hydrogen (secondary N) is 1. The Labute approximate surface area is 157 Å². The highest BCUT2D eigenvalue weighted by Crippen LogP contribution is 2.32. The largest absolute Gasteiger partial charge is 0.444 e. The lowest BCUT2D eigenvalue weighted by atomic mass is 10.2. The molecule has 0 radical (unpaired) electrons. The summed E-state index contributed by atoms with van der Waals surface area (Å²) in [5.74, 6) is -0.365. The van der Waals surface area contributed by atoms with Gasteiger partial charge in [-0.3, -0.25) is 9.69 Å². The first kappa shape index (κ1) is 19.6. The summed E-state index contributed by atoms with van der Waals surface area (Å²) < 4.78 is 5.16. The van der Waals surface area contributed by atoms with E-state index in [1.54, 1.807) is 51.1 Å². The molecule has 0 bridgehead atoms. The van der Waals surface area contributed by atoms with E-state index in [1.807, 2.05) is 18.2 Å². The fraction of sp³-hybridized carbons (Fsp3) is 0.263. The molecule has 26 heavy (non-hydrogen) atoms. The van der Waals surface area contributed by atoms with Gasteiger partial charge in [0.2, 0.25) is 0 Å². The average Bonchev–Trinajstić information content (AvgIpc) is 2.55. The number of rotatable bonds is 4. The van der Waals surface area contributed by atoms with Crippen LogP contribution >= 0.6 is 11.6 Å². The molecule has 0 saturated heterocycles. The van der Waals surface area contributed by atoms with Crippen LogP contribution in [-0.4, -0.2) is 24.1 Å². The van der Waals surface area contributed by atoms with Crippen LogP contribution < -0.4 is 16.0 Å². The van der Waals surface area contributed by atoms with Gasteiger partial charge in [0.15, 0.2) is 0 Å². The Kier molecular flexibility index (Phi) is 6.10. The zero-order valence-corrected chi connectivity index (χ0v) is 15.7. The number of alkyl carbamates (subject to hydrolysis) is 1. The van der Waals surface area contributed by atoms with Crippen LogP contribution in [0.3, 0.4) is 0 Å². The van der Waals surface area contributed by atoms with E-state index in [-0.39, 0.29) is 12.5 Å². The summed E-state index contributed by atoms with van der Waals surface area (Å²) in [4.78, 5) is 26.1. The van der Waals surface area contributed by atoms with Crippen molar-refractivity contribution >= 4 is 40.7 Å². The number of nitrogens with two attached hydrogens (primary N) is 1. The minimum atomic E-state index is -0.664. The van der Waals surface area contributed by atoms with Crippen molar-refractivity contribution in [3.05, 3.63) is 53.6 Å². The number of nitrogen functional groups attached to an aromatic ring is 1. The van der Waals surface area contributed by atoms with Gasteiger partial charge in [-0.15, -0.1) is 0 Å². The molecule has 0 aromatic heterocycles. The van der Waals surface area contributed by atoms with Crippen LogP contribution in [0.15, 0.2) is 48.5 Å². The van der Waals surface area contributed by atoms with Gasteiger partial charge in [-0.05, 0) is 51.1 Å². The molecule has 2 rings (SSSR count). The minimum absolute atomic E-state index is 0.244. The topological polar surface area (TPSA) is 84.7 Å². The van der Waals surface area contributed by atoms with Gasteiger partial charge in [-0.25, -0.2) is 4.79 Å². The third-order valence-electron chi connectivity index (χ3n) is 3.28. The lowest BCUT2D eigenvalue weighted by Crippen LogP contribution is -2.40. The van der Waals surface area contributed by atoms with Gasteiger partial charge in [0.05, 0.1) is 11.4 Å². The fourth-order valence-corrected chi connectivity index (χ4v) is 2.45. The van der Waals surface area contributed by atoms with Crippen LogP contribution in [0.1, 0.15) is 20.8 Å². The van der Waals surface area contributed by atoms with E-state index < -0.39 is 11.7 Å². The number of carbonyl (C=O) groups is 2. The number of amides is 2. The third-order valence-corrected chi connectivity index (χ3v) is 3.51. The number of carbonyl (C=O) groups excluding carboxylic acids is 2. The molecule has 2 aromatic carbocycles. The number of anilines is 3. The highest BCUT2D eigenvalue weighted by atomic mass is 35.5. The maximum atomic E-state index is 12.8. The normalized spacial score (nSPS) is 10.9. The van der Waals surface area contributed by atoms with Gasteiger partial charge in [-0.2, -0.15) is 0 Å². The lowest BCUT2D eigenvalue weighted by molar-refractivity contribution is -0.117. The van der Waals surface area contributed by atoms with Gasteiger partial charge in [0.25, 0.3) is 5.91 Å². The van der Waals surface area contributed by atoms with Crippen molar-refractivity contribution in [2.45, 2.75) is 26.4 Å². The molecule has 6 nitrogen and oxygen atoms in total. The van der Waals surface area contributed by atoms with E-state index in [9.17, 15) is 9.59 Å². The van der Waals surface area contributed by atoms with Gasteiger partial charge < -0.3 is 15.8 Å². The Bertz CT molecular complexity index is 788. The molecule has 2 amide bonds. The second-order valence-corrected chi connectivity index (χ2v) is 7.06. The molecule has 138 valence electrons. The molecule has 0 saturated carbocycles. The van der Waals surface area contributed by atoms with Crippen LogP contribution in [0.2, 0.25) is 5.02 Å². The molecular formula is C19H22ClN3O3. The maximum absolute atomic E-state index is 12.8. The Hall–Kier alpha value is -2.73. The van der Waals surface area contributed by atoms with Crippen LogP contribution in [0, 0.1) is 0 Å². The smallest absolute Gasteiger partial charge is 0.408 e. The molecule has 2 aromatic rings. The van der Waals surface area contributed by atoms with Crippen molar-refractivity contribution in [3.63, 3.8) is 0 Å². The van der Waals surface area contributed by atoms with Crippen LogP contribution in [0.5, 0.6) is 0 Å². The summed E-state index contributed by atoms with van der Waals surface area (Å²) in [6.07, 6.45) is -0.664. The molecule has 0 aliphatic heterocycles. The van der Waals surface area contributed by atoms with E-state index in [2.05, 4.69) is 5.32 Å². The molecule has 0 heterocycles. The maximum Gasteiger partial charge on any atom is 0.408 e. The van der Waals surface area contributed by atoms with Crippen molar-refractivity contribution in [1.82, 2.24) is 5.32 Å².